The van der Waals surface area contributed by atoms with Crippen molar-refractivity contribution >= 4 is 5.97 Å². The van der Waals surface area contributed by atoms with E-state index < -0.39 is 6.10 Å². The summed E-state index contributed by atoms with van der Waals surface area (Å²) in [5.74, 6) is 0.399. The highest BCUT2D eigenvalue weighted by molar-refractivity contribution is 5.93. The van der Waals surface area contributed by atoms with Crippen LogP contribution in [0.1, 0.15) is 50.0 Å². The van der Waals surface area contributed by atoms with E-state index in [-0.39, 0.29) is 12.6 Å². The maximum atomic E-state index is 11.7. The van der Waals surface area contributed by atoms with Gasteiger partial charge in [-0.25, -0.2) is 14.5 Å². The number of cyclic esters (lactones) is 1. The molecule has 1 atom stereocenters. The van der Waals surface area contributed by atoms with Gasteiger partial charge in [-0.15, -0.1) is 0 Å². The first-order valence-corrected chi connectivity index (χ1v) is 10.2. The van der Waals surface area contributed by atoms with Crippen LogP contribution in [-0.2, 0) is 24.3 Å². The van der Waals surface area contributed by atoms with Crippen LogP contribution in [0, 0.1) is 18.3 Å². The molecule has 2 aliphatic rings. The van der Waals surface area contributed by atoms with E-state index in [9.17, 15) is 9.90 Å². The normalized spacial score (nSPS) is 16.4. The Bertz CT molecular complexity index is 1210. The first-order valence-electron chi connectivity index (χ1n) is 10.2. The number of hydrogen-bond acceptors (Lipinski definition) is 7. The number of aliphatic hydroxyl groups is 1. The highest BCUT2D eigenvalue weighted by Gasteiger charge is 2.28. The molecule has 31 heavy (non-hydrogen) atoms. The molecule has 8 nitrogen and oxygen atoms in total. The van der Waals surface area contributed by atoms with Gasteiger partial charge in [-0.3, -0.25) is 4.90 Å². The van der Waals surface area contributed by atoms with Gasteiger partial charge in [-0.2, -0.15) is 10.4 Å². The van der Waals surface area contributed by atoms with Gasteiger partial charge < -0.3 is 9.84 Å². The Kier molecular flexibility index (Phi) is 4.77. The fourth-order valence-corrected chi connectivity index (χ4v) is 4.39. The number of rotatable bonds is 4. The third-order valence-electron chi connectivity index (χ3n) is 6.11. The average molecular weight is 415 g/mol. The fraction of sp³-hybridized carbons (Fsp3) is 0.304. The molecule has 0 aliphatic carbocycles. The van der Waals surface area contributed by atoms with Crippen LogP contribution in [0.25, 0.3) is 5.82 Å². The predicted octanol–water partition coefficient (Wildman–Crippen LogP) is 2.21. The molecule has 0 fully saturated rings. The topological polar surface area (TPSA) is 104 Å². The molecule has 5 rings (SSSR count). The van der Waals surface area contributed by atoms with E-state index in [2.05, 4.69) is 21.1 Å². The molecule has 2 aliphatic heterocycles. The summed E-state index contributed by atoms with van der Waals surface area (Å²) in [6.07, 6.45) is 3.52. The Morgan fingerprint density at radius 2 is 2.16 bits per heavy atom. The number of β-amino-alcohol motifs (C(OH)–C–C–N with tert-alkyl or cyclic N) is 1. The number of carbonyl (C=O) groups is 1. The number of nitrogens with zero attached hydrogens (tertiary/aromatic N) is 5. The number of hydrogen-bond donors (Lipinski definition) is 1. The van der Waals surface area contributed by atoms with Crippen LogP contribution in [0.5, 0.6) is 0 Å². The zero-order chi connectivity index (χ0) is 21.5. The monoisotopic (exact) mass is 415 g/mol. The Morgan fingerprint density at radius 3 is 2.94 bits per heavy atom. The summed E-state index contributed by atoms with van der Waals surface area (Å²) in [4.78, 5) is 18.3. The molecule has 0 saturated carbocycles. The van der Waals surface area contributed by atoms with Gasteiger partial charge >= 0.3 is 5.97 Å². The van der Waals surface area contributed by atoms with Crippen LogP contribution in [0.4, 0.5) is 0 Å². The van der Waals surface area contributed by atoms with Crippen molar-refractivity contribution in [2.45, 2.75) is 32.6 Å². The molecular formula is C23H21N5O3. The van der Waals surface area contributed by atoms with Crippen LogP contribution >= 0.6 is 0 Å². The number of esters is 1. The Morgan fingerprint density at radius 1 is 1.29 bits per heavy atom. The third-order valence-corrected chi connectivity index (χ3v) is 6.11. The van der Waals surface area contributed by atoms with Gasteiger partial charge in [-0.05, 0) is 36.2 Å². The van der Waals surface area contributed by atoms with Crippen LogP contribution in [0.3, 0.4) is 0 Å². The first-order chi connectivity index (χ1) is 15.0. The largest absolute Gasteiger partial charge is 0.457 e. The number of carbonyl (C=O) groups excluding carboxylic acids is 1. The SMILES string of the molecule is Cc1c(C(O)CN2CCc3c(cnn3-c3ccc(C#N)cn3)C2)ccc2c1COC2=O. The summed E-state index contributed by atoms with van der Waals surface area (Å²) in [7, 11) is 0. The van der Waals surface area contributed by atoms with Crippen molar-refractivity contribution < 1.29 is 14.6 Å². The van der Waals surface area contributed by atoms with Crippen LogP contribution in [0.2, 0.25) is 0 Å². The van der Waals surface area contributed by atoms with Crippen LogP contribution < -0.4 is 0 Å². The standard InChI is InChI=1S/C23H21N5O3/c1-14-17(3-4-18-19(14)13-31-23(18)30)21(29)12-27-7-6-20-16(11-27)10-26-28(20)22-5-2-15(8-24)9-25-22/h2-5,9-10,21,29H,6-7,11-13H2,1H3. The molecule has 3 aromatic rings. The molecule has 4 heterocycles. The molecule has 0 saturated heterocycles. The van der Waals surface area contributed by atoms with Gasteiger partial charge in [0.05, 0.1) is 29.1 Å². The Labute approximate surface area is 179 Å². The zero-order valence-electron chi connectivity index (χ0n) is 17.1. The van der Waals surface area contributed by atoms with Crippen molar-refractivity contribution in [3.8, 4) is 11.9 Å². The molecule has 0 amide bonds. The predicted molar refractivity (Wildman–Crippen MR) is 110 cm³/mol. The van der Waals surface area contributed by atoms with Crippen molar-refractivity contribution in [3.05, 3.63) is 75.7 Å². The van der Waals surface area contributed by atoms with E-state index in [0.29, 0.717) is 30.0 Å². The maximum absolute atomic E-state index is 11.7. The lowest BCUT2D eigenvalue weighted by Crippen LogP contribution is -2.34. The lowest BCUT2D eigenvalue weighted by atomic mass is 9.95. The number of aromatic nitrogens is 3. The van der Waals surface area contributed by atoms with E-state index in [4.69, 9.17) is 10.00 Å². The van der Waals surface area contributed by atoms with Crippen molar-refractivity contribution in [2.24, 2.45) is 0 Å². The molecule has 1 unspecified atom stereocenters. The number of nitriles is 1. The summed E-state index contributed by atoms with van der Waals surface area (Å²) < 4.78 is 6.94. The Balaban J connectivity index is 1.31. The molecule has 1 aromatic carbocycles. The minimum atomic E-state index is -0.655. The van der Waals surface area contributed by atoms with Crippen molar-refractivity contribution in [1.29, 1.82) is 5.26 Å². The van der Waals surface area contributed by atoms with E-state index >= 15 is 0 Å². The first kappa shape index (κ1) is 19.4. The smallest absolute Gasteiger partial charge is 0.338 e. The summed E-state index contributed by atoms with van der Waals surface area (Å²) in [6.45, 7) is 4.18. The summed E-state index contributed by atoms with van der Waals surface area (Å²) in [5.41, 5.74) is 5.96. The van der Waals surface area contributed by atoms with Gasteiger partial charge in [-0.1, -0.05) is 6.07 Å². The minimum absolute atomic E-state index is 0.274. The van der Waals surface area contributed by atoms with E-state index in [1.54, 1.807) is 24.4 Å². The molecule has 1 N–H and O–H groups in total. The van der Waals surface area contributed by atoms with E-state index in [1.807, 2.05) is 23.9 Å². The van der Waals surface area contributed by atoms with Gasteiger partial charge in [0.25, 0.3) is 0 Å². The van der Waals surface area contributed by atoms with Gasteiger partial charge in [0.1, 0.15) is 12.7 Å². The van der Waals surface area contributed by atoms with Gasteiger partial charge in [0.2, 0.25) is 0 Å². The lowest BCUT2D eigenvalue weighted by Gasteiger charge is -2.29. The average Bonchev–Trinajstić information content (AvgIpc) is 3.38. The molecule has 2 aromatic heterocycles. The second-order valence-corrected chi connectivity index (χ2v) is 7.93. The number of ether oxygens (including phenoxy) is 1. The minimum Gasteiger partial charge on any atom is -0.457 e. The molecule has 156 valence electrons. The van der Waals surface area contributed by atoms with Crippen LogP contribution in [-0.4, -0.2) is 43.8 Å². The fourth-order valence-electron chi connectivity index (χ4n) is 4.39. The summed E-state index contributed by atoms with van der Waals surface area (Å²) in [5, 5.41) is 24.3. The highest BCUT2D eigenvalue weighted by atomic mass is 16.5. The van der Waals surface area contributed by atoms with Crippen molar-refractivity contribution in [1.82, 2.24) is 19.7 Å². The quantitative estimate of drug-likeness (QED) is 0.652. The van der Waals surface area contributed by atoms with Gasteiger partial charge in [0.15, 0.2) is 5.82 Å². The van der Waals surface area contributed by atoms with Crippen molar-refractivity contribution in [2.75, 3.05) is 13.1 Å². The Hall–Kier alpha value is -3.54. The highest BCUT2D eigenvalue weighted by Crippen LogP contribution is 2.30. The number of aliphatic hydroxyl groups excluding tert-OH is 1. The molecular weight excluding hydrogens is 394 g/mol. The molecule has 0 radical (unpaired) electrons. The van der Waals surface area contributed by atoms with Crippen LogP contribution in [0.15, 0.2) is 36.7 Å². The summed E-state index contributed by atoms with van der Waals surface area (Å²) >= 11 is 0. The summed E-state index contributed by atoms with van der Waals surface area (Å²) in [6, 6.07) is 9.18. The lowest BCUT2D eigenvalue weighted by molar-refractivity contribution is 0.0535. The van der Waals surface area contributed by atoms with E-state index in [0.717, 1.165) is 40.9 Å². The molecule has 0 spiro atoms. The molecule has 0 bridgehead atoms. The zero-order valence-corrected chi connectivity index (χ0v) is 17.1. The third kappa shape index (κ3) is 3.38. The van der Waals surface area contributed by atoms with E-state index in [1.165, 1.54) is 0 Å². The second-order valence-electron chi connectivity index (χ2n) is 7.93. The second kappa shape index (κ2) is 7.61. The number of benzene rings is 1. The van der Waals surface area contributed by atoms with Gasteiger partial charge in [0, 0.05) is 43.4 Å². The molecule has 8 heteroatoms. The van der Waals surface area contributed by atoms with Crippen molar-refractivity contribution in [3.63, 3.8) is 0 Å². The maximum Gasteiger partial charge on any atom is 0.338 e. The number of fused-ring (bicyclic) bond motifs is 2. The number of pyridine rings is 1.